The van der Waals surface area contributed by atoms with Gasteiger partial charge in [0.15, 0.2) is 0 Å². The van der Waals surface area contributed by atoms with E-state index in [0.717, 1.165) is 23.7 Å². The zero-order valence-corrected chi connectivity index (χ0v) is 17.7. The zero-order chi connectivity index (χ0) is 19.6. The smallest absolute Gasteiger partial charge is 0.00392 e. The number of hydrogen-bond donors (Lipinski definition) is 2. The van der Waals surface area contributed by atoms with Gasteiger partial charge in [-0.2, -0.15) is 0 Å². The molecule has 0 amide bonds. The Morgan fingerprint density at radius 2 is 0.571 bits per heavy atom. The maximum Gasteiger partial charge on any atom is 0.00392 e. The normalized spacial score (nSPS) is 38.2. The molecule has 4 N–H and O–H groups in total. The predicted molar refractivity (Wildman–Crippen MR) is 122 cm³/mol. The Labute approximate surface area is 173 Å². The summed E-state index contributed by atoms with van der Waals surface area (Å²) in [4.78, 5) is 0. The molecule has 156 valence electrons. The molecule has 3 aliphatic rings. The van der Waals surface area contributed by atoms with Gasteiger partial charge in [0, 0.05) is 12.1 Å². The van der Waals surface area contributed by atoms with Gasteiger partial charge in [-0.05, 0) is 101 Å². The SMILES string of the molecule is NC1CCC(C=CC=CC2CCC(C=CC=CC3CCC(N)CC3)CC2)CC1. The molecule has 0 radical (unpaired) electrons. The second-order valence-corrected chi connectivity index (χ2v) is 9.56. The third kappa shape index (κ3) is 7.72. The molecule has 0 aliphatic heterocycles. The Hall–Kier alpha value is -1.12. The molecular weight excluding hydrogens is 340 g/mol. The highest BCUT2D eigenvalue weighted by Crippen LogP contribution is 2.31. The lowest BCUT2D eigenvalue weighted by Gasteiger charge is -2.24. The van der Waals surface area contributed by atoms with Crippen LogP contribution in [-0.2, 0) is 0 Å². The van der Waals surface area contributed by atoms with Crippen molar-refractivity contribution < 1.29 is 0 Å². The molecule has 2 heteroatoms. The molecule has 0 unspecified atom stereocenters. The van der Waals surface area contributed by atoms with Crippen LogP contribution in [-0.4, -0.2) is 12.1 Å². The van der Waals surface area contributed by atoms with Crippen LogP contribution in [0, 0.1) is 23.7 Å². The molecule has 0 saturated heterocycles. The van der Waals surface area contributed by atoms with Crippen molar-refractivity contribution in [1.82, 2.24) is 0 Å². The Balaban J connectivity index is 1.29. The van der Waals surface area contributed by atoms with Crippen LogP contribution in [0.5, 0.6) is 0 Å². The molecule has 0 bridgehead atoms. The molecule has 2 nitrogen and oxygen atoms in total. The minimum absolute atomic E-state index is 0.450. The summed E-state index contributed by atoms with van der Waals surface area (Å²) in [5.74, 6) is 3.06. The molecule has 3 fully saturated rings. The Bertz CT molecular complexity index is 485. The monoisotopic (exact) mass is 382 g/mol. The first-order valence-corrected chi connectivity index (χ1v) is 11.9. The van der Waals surface area contributed by atoms with E-state index in [1.165, 1.54) is 77.0 Å². The summed E-state index contributed by atoms with van der Waals surface area (Å²) in [7, 11) is 0. The fraction of sp³-hybridized carbons (Fsp3) is 0.692. The summed E-state index contributed by atoms with van der Waals surface area (Å²) in [6, 6.07) is 0.900. The molecule has 0 aromatic carbocycles. The van der Waals surface area contributed by atoms with E-state index in [-0.39, 0.29) is 0 Å². The van der Waals surface area contributed by atoms with Crippen LogP contribution in [0.25, 0.3) is 0 Å². The van der Waals surface area contributed by atoms with E-state index in [4.69, 9.17) is 11.5 Å². The van der Waals surface area contributed by atoms with Gasteiger partial charge in [-0.25, -0.2) is 0 Å². The van der Waals surface area contributed by atoms with Crippen LogP contribution in [0.1, 0.15) is 77.0 Å². The minimum atomic E-state index is 0.450. The van der Waals surface area contributed by atoms with Gasteiger partial charge in [-0.1, -0.05) is 48.6 Å². The summed E-state index contributed by atoms with van der Waals surface area (Å²) >= 11 is 0. The summed E-state index contributed by atoms with van der Waals surface area (Å²) < 4.78 is 0. The summed E-state index contributed by atoms with van der Waals surface area (Å²) in [6.45, 7) is 0. The van der Waals surface area contributed by atoms with E-state index < -0.39 is 0 Å². The molecule has 0 aromatic heterocycles. The molecule has 0 spiro atoms. The van der Waals surface area contributed by atoms with E-state index in [1.54, 1.807) is 0 Å². The van der Waals surface area contributed by atoms with Crippen molar-refractivity contribution >= 4 is 0 Å². The highest BCUT2D eigenvalue weighted by atomic mass is 14.6. The maximum absolute atomic E-state index is 5.99. The first-order valence-electron chi connectivity index (χ1n) is 11.9. The van der Waals surface area contributed by atoms with Gasteiger partial charge in [0.1, 0.15) is 0 Å². The fourth-order valence-electron chi connectivity index (χ4n) is 5.09. The molecule has 0 heterocycles. The van der Waals surface area contributed by atoms with E-state index in [2.05, 4.69) is 48.6 Å². The van der Waals surface area contributed by atoms with Crippen LogP contribution in [0.3, 0.4) is 0 Å². The quantitative estimate of drug-likeness (QED) is 0.549. The number of nitrogens with two attached hydrogens (primary N) is 2. The van der Waals surface area contributed by atoms with E-state index in [1.807, 2.05) is 0 Å². The van der Waals surface area contributed by atoms with Crippen molar-refractivity contribution in [3.63, 3.8) is 0 Å². The topological polar surface area (TPSA) is 52.0 Å². The lowest BCUT2D eigenvalue weighted by molar-refractivity contribution is 0.356. The summed E-state index contributed by atoms with van der Waals surface area (Å²) in [5, 5.41) is 0. The lowest BCUT2D eigenvalue weighted by atomic mass is 9.81. The van der Waals surface area contributed by atoms with E-state index >= 15 is 0 Å². The average molecular weight is 383 g/mol. The Morgan fingerprint density at radius 1 is 0.357 bits per heavy atom. The first-order chi connectivity index (χ1) is 13.7. The summed E-state index contributed by atoms with van der Waals surface area (Å²) in [5.41, 5.74) is 12.0. The highest BCUT2D eigenvalue weighted by molar-refractivity contribution is 5.09. The molecule has 3 rings (SSSR count). The first kappa shape index (κ1) is 21.6. The van der Waals surface area contributed by atoms with Gasteiger partial charge < -0.3 is 11.5 Å². The van der Waals surface area contributed by atoms with E-state index in [9.17, 15) is 0 Å². The van der Waals surface area contributed by atoms with Crippen molar-refractivity contribution in [3.8, 4) is 0 Å². The third-order valence-corrected chi connectivity index (χ3v) is 7.20. The average Bonchev–Trinajstić information content (AvgIpc) is 2.72. The molecule has 0 aromatic rings. The number of rotatable bonds is 6. The van der Waals surface area contributed by atoms with Gasteiger partial charge in [-0.3, -0.25) is 0 Å². The maximum atomic E-state index is 5.99. The second-order valence-electron chi connectivity index (χ2n) is 9.56. The summed E-state index contributed by atoms with van der Waals surface area (Å²) in [6.07, 6.45) is 34.1. The van der Waals surface area contributed by atoms with Crippen LogP contribution >= 0.6 is 0 Å². The van der Waals surface area contributed by atoms with Crippen molar-refractivity contribution in [2.24, 2.45) is 35.1 Å². The van der Waals surface area contributed by atoms with Gasteiger partial charge in [0.25, 0.3) is 0 Å². The highest BCUT2D eigenvalue weighted by Gasteiger charge is 2.18. The molecule has 3 saturated carbocycles. The molecule has 3 aliphatic carbocycles. The van der Waals surface area contributed by atoms with Crippen LogP contribution in [0.4, 0.5) is 0 Å². The van der Waals surface area contributed by atoms with Gasteiger partial charge in [0.05, 0.1) is 0 Å². The van der Waals surface area contributed by atoms with Gasteiger partial charge in [-0.15, -0.1) is 0 Å². The lowest BCUT2D eigenvalue weighted by Crippen LogP contribution is -2.25. The van der Waals surface area contributed by atoms with Crippen LogP contribution < -0.4 is 11.5 Å². The fourth-order valence-corrected chi connectivity index (χ4v) is 5.09. The minimum Gasteiger partial charge on any atom is -0.328 e. The van der Waals surface area contributed by atoms with Gasteiger partial charge >= 0.3 is 0 Å². The molecule has 0 atom stereocenters. The Kier molecular flexibility index (Phi) is 9.08. The van der Waals surface area contributed by atoms with Gasteiger partial charge in [0.2, 0.25) is 0 Å². The second kappa shape index (κ2) is 11.8. The van der Waals surface area contributed by atoms with Crippen LogP contribution in [0.2, 0.25) is 0 Å². The molecule has 28 heavy (non-hydrogen) atoms. The Morgan fingerprint density at radius 3 is 0.821 bits per heavy atom. The number of allylic oxidation sites excluding steroid dienone is 8. The molecular formula is C26H42N2. The predicted octanol–water partition coefficient (Wildman–Crippen LogP) is 6.05. The standard InChI is InChI=1S/C26H42N2/c27-25-17-13-23(14-18-25)7-3-1-5-21-9-11-22(12-10-21)6-2-4-8-24-15-19-26(28)20-16-24/h1-8,21-26H,9-20,27-28H2. The van der Waals surface area contributed by atoms with Crippen molar-refractivity contribution in [3.05, 3.63) is 48.6 Å². The number of hydrogen-bond acceptors (Lipinski definition) is 2. The van der Waals surface area contributed by atoms with Crippen molar-refractivity contribution in [2.75, 3.05) is 0 Å². The van der Waals surface area contributed by atoms with Crippen molar-refractivity contribution in [1.29, 1.82) is 0 Å². The van der Waals surface area contributed by atoms with Crippen molar-refractivity contribution in [2.45, 2.75) is 89.1 Å². The van der Waals surface area contributed by atoms with E-state index in [0.29, 0.717) is 12.1 Å². The van der Waals surface area contributed by atoms with Crippen LogP contribution in [0.15, 0.2) is 48.6 Å². The largest absolute Gasteiger partial charge is 0.328 e. The third-order valence-electron chi connectivity index (χ3n) is 7.20. The zero-order valence-electron chi connectivity index (χ0n) is 17.7.